The van der Waals surface area contributed by atoms with Crippen LogP contribution < -0.4 is 11.1 Å². The van der Waals surface area contributed by atoms with Crippen molar-refractivity contribution in [2.24, 2.45) is 0 Å². The minimum Gasteiger partial charge on any atom is -0.397 e. The third-order valence-corrected chi connectivity index (χ3v) is 2.22. The van der Waals surface area contributed by atoms with Crippen LogP contribution in [-0.4, -0.2) is 6.04 Å². The highest BCUT2D eigenvalue weighted by Gasteiger charge is 2.01. The first-order valence-corrected chi connectivity index (χ1v) is 4.76. The Morgan fingerprint density at radius 3 is 2.69 bits per heavy atom. The summed E-state index contributed by atoms with van der Waals surface area (Å²) in [6.07, 6.45) is 1.10. The molecule has 1 rings (SSSR count). The smallest absolute Gasteiger partial charge is 0.0576 e. The van der Waals surface area contributed by atoms with E-state index in [1.807, 2.05) is 19.1 Å². The van der Waals surface area contributed by atoms with Gasteiger partial charge in [0.15, 0.2) is 0 Å². The second-order valence-corrected chi connectivity index (χ2v) is 3.54. The van der Waals surface area contributed by atoms with Crippen molar-refractivity contribution < 1.29 is 0 Å². The number of anilines is 2. The molecule has 1 atom stereocenters. The Bertz CT molecular complexity index is 281. The molecule has 0 fully saturated rings. The summed E-state index contributed by atoms with van der Waals surface area (Å²) in [7, 11) is 0. The molecule has 0 amide bonds. The van der Waals surface area contributed by atoms with E-state index in [-0.39, 0.29) is 0 Å². The molecule has 0 saturated carbocycles. The number of nitrogens with two attached hydrogens (primary N) is 1. The van der Waals surface area contributed by atoms with Crippen LogP contribution in [0, 0.1) is 6.92 Å². The van der Waals surface area contributed by atoms with Crippen molar-refractivity contribution in [1.29, 1.82) is 0 Å². The first kappa shape index (κ1) is 9.90. The maximum Gasteiger partial charge on any atom is 0.0576 e. The SMILES string of the molecule is CCC(C)Nc1ccc(C)cc1N. The minimum absolute atomic E-state index is 0.477. The molecule has 0 heterocycles. The van der Waals surface area contributed by atoms with E-state index in [1.54, 1.807) is 0 Å². The number of rotatable bonds is 3. The molecule has 2 nitrogen and oxygen atoms in total. The fourth-order valence-electron chi connectivity index (χ4n) is 1.18. The summed E-state index contributed by atoms with van der Waals surface area (Å²) in [5, 5.41) is 3.36. The predicted molar refractivity (Wildman–Crippen MR) is 59.0 cm³/mol. The summed E-state index contributed by atoms with van der Waals surface area (Å²) in [6, 6.07) is 6.58. The van der Waals surface area contributed by atoms with Crippen molar-refractivity contribution in [3.63, 3.8) is 0 Å². The molecule has 0 aliphatic carbocycles. The van der Waals surface area contributed by atoms with Gasteiger partial charge < -0.3 is 11.1 Å². The zero-order valence-corrected chi connectivity index (χ0v) is 8.59. The Balaban J connectivity index is 2.77. The van der Waals surface area contributed by atoms with Gasteiger partial charge in [-0.25, -0.2) is 0 Å². The lowest BCUT2D eigenvalue weighted by Crippen LogP contribution is -2.14. The molecular formula is C11H18N2. The fourth-order valence-corrected chi connectivity index (χ4v) is 1.18. The summed E-state index contributed by atoms with van der Waals surface area (Å²) in [5.74, 6) is 0. The van der Waals surface area contributed by atoms with Gasteiger partial charge in [-0.2, -0.15) is 0 Å². The van der Waals surface area contributed by atoms with Crippen LogP contribution >= 0.6 is 0 Å². The molecule has 0 radical (unpaired) electrons. The molecular weight excluding hydrogens is 160 g/mol. The normalized spacial score (nSPS) is 12.5. The molecule has 2 heteroatoms. The topological polar surface area (TPSA) is 38.0 Å². The first-order chi connectivity index (χ1) is 6.13. The second-order valence-electron chi connectivity index (χ2n) is 3.54. The minimum atomic E-state index is 0.477. The van der Waals surface area contributed by atoms with Gasteiger partial charge in [0, 0.05) is 6.04 Å². The lowest BCUT2D eigenvalue weighted by molar-refractivity contribution is 0.764. The van der Waals surface area contributed by atoms with Gasteiger partial charge in [-0.05, 0) is 38.0 Å². The van der Waals surface area contributed by atoms with E-state index in [9.17, 15) is 0 Å². The monoisotopic (exact) mass is 178 g/mol. The number of benzene rings is 1. The van der Waals surface area contributed by atoms with E-state index in [1.165, 1.54) is 5.56 Å². The third-order valence-electron chi connectivity index (χ3n) is 2.22. The van der Waals surface area contributed by atoms with Gasteiger partial charge in [-0.1, -0.05) is 13.0 Å². The summed E-state index contributed by atoms with van der Waals surface area (Å²) in [4.78, 5) is 0. The highest BCUT2D eigenvalue weighted by atomic mass is 14.9. The second kappa shape index (κ2) is 4.17. The lowest BCUT2D eigenvalue weighted by Gasteiger charge is -2.15. The van der Waals surface area contributed by atoms with Crippen LogP contribution in [0.3, 0.4) is 0 Å². The molecule has 0 aromatic heterocycles. The van der Waals surface area contributed by atoms with Gasteiger partial charge in [0.2, 0.25) is 0 Å². The zero-order chi connectivity index (χ0) is 9.84. The molecule has 1 aromatic rings. The van der Waals surface area contributed by atoms with Gasteiger partial charge >= 0.3 is 0 Å². The first-order valence-electron chi connectivity index (χ1n) is 4.76. The summed E-state index contributed by atoms with van der Waals surface area (Å²) >= 11 is 0. The van der Waals surface area contributed by atoms with Gasteiger partial charge in [0.25, 0.3) is 0 Å². The third kappa shape index (κ3) is 2.65. The van der Waals surface area contributed by atoms with Crippen molar-refractivity contribution in [3.05, 3.63) is 23.8 Å². The van der Waals surface area contributed by atoms with E-state index < -0.39 is 0 Å². The van der Waals surface area contributed by atoms with Crippen molar-refractivity contribution >= 4 is 11.4 Å². The van der Waals surface area contributed by atoms with Crippen molar-refractivity contribution in [1.82, 2.24) is 0 Å². The number of nitrogen functional groups attached to an aromatic ring is 1. The van der Waals surface area contributed by atoms with Crippen LogP contribution in [0.15, 0.2) is 18.2 Å². The summed E-state index contributed by atoms with van der Waals surface area (Å²) in [6.45, 7) is 6.35. The summed E-state index contributed by atoms with van der Waals surface area (Å²) in [5.41, 5.74) is 8.94. The predicted octanol–water partition coefficient (Wildman–Crippen LogP) is 2.79. The van der Waals surface area contributed by atoms with Gasteiger partial charge in [0.1, 0.15) is 0 Å². The standard InChI is InChI=1S/C11H18N2/c1-4-9(3)13-11-6-5-8(2)7-10(11)12/h5-7,9,13H,4,12H2,1-3H3. The van der Waals surface area contributed by atoms with Crippen LogP contribution in [0.25, 0.3) is 0 Å². The molecule has 0 spiro atoms. The van der Waals surface area contributed by atoms with Crippen LogP contribution in [0.2, 0.25) is 0 Å². The number of aryl methyl sites for hydroxylation is 1. The number of hydrogen-bond donors (Lipinski definition) is 2. The highest BCUT2D eigenvalue weighted by molar-refractivity contribution is 5.67. The highest BCUT2D eigenvalue weighted by Crippen LogP contribution is 2.20. The molecule has 0 aliphatic heterocycles. The Morgan fingerprint density at radius 2 is 2.15 bits per heavy atom. The van der Waals surface area contributed by atoms with Crippen molar-refractivity contribution in [2.75, 3.05) is 11.1 Å². The Hall–Kier alpha value is -1.18. The van der Waals surface area contributed by atoms with Crippen LogP contribution in [0.1, 0.15) is 25.8 Å². The maximum atomic E-state index is 5.86. The summed E-state index contributed by atoms with van der Waals surface area (Å²) < 4.78 is 0. The van der Waals surface area contributed by atoms with E-state index >= 15 is 0 Å². The van der Waals surface area contributed by atoms with Crippen molar-refractivity contribution in [3.8, 4) is 0 Å². The number of nitrogens with one attached hydrogen (secondary N) is 1. The maximum absolute atomic E-state index is 5.86. The van der Waals surface area contributed by atoms with Crippen molar-refractivity contribution in [2.45, 2.75) is 33.2 Å². The molecule has 72 valence electrons. The zero-order valence-electron chi connectivity index (χ0n) is 8.59. The molecule has 13 heavy (non-hydrogen) atoms. The Morgan fingerprint density at radius 1 is 1.46 bits per heavy atom. The van der Waals surface area contributed by atoms with Gasteiger partial charge in [-0.3, -0.25) is 0 Å². The Kier molecular flexibility index (Phi) is 3.18. The van der Waals surface area contributed by atoms with Gasteiger partial charge in [-0.15, -0.1) is 0 Å². The molecule has 0 bridgehead atoms. The van der Waals surface area contributed by atoms with Gasteiger partial charge in [0.05, 0.1) is 11.4 Å². The van der Waals surface area contributed by atoms with E-state index in [0.29, 0.717) is 6.04 Å². The average molecular weight is 178 g/mol. The quantitative estimate of drug-likeness (QED) is 0.698. The fraction of sp³-hybridized carbons (Fsp3) is 0.455. The Labute approximate surface area is 80.1 Å². The van der Waals surface area contributed by atoms with E-state index in [2.05, 4.69) is 25.2 Å². The molecule has 3 N–H and O–H groups in total. The van der Waals surface area contributed by atoms with E-state index in [4.69, 9.17) is 5.73 Å². The molecule has 1 aromatic carbocycles. The lowest BCUT2D eigenvalue weighted by atomic mass is 10.1. The molecule has 0 aliphatic rings. The van der Waals surface area contributed by atoms with E-state index in [0.717, 1.165) is 17.8 Å². The molecule has 0 saturated heterocycles. The average Bonchev–Trinajstić information content (AvgIpc) is 2.09. The largest absolute Gasteiger partial charge is 0.397 e. The molecule has 1 unspecified atom stereocenters. The van der Waals surface area contributed by atoms with Crippen LogP contribution in [0.5, 0.6) is 0 Å². The van der Waals surface area contributed by atoms with Crippen LogP contribution in [-0.2, 0) is 0 Å². The number of hydrogen-bond acceptors (Lipinski definition) is 2. The van der Waals surface area contributed by atoms with Crippen LogP contribution in [0.4, 0.5) is 11.4 Å².